The van der Waals surface area contributed by atoms with Crippen molar-refractivity contribution in [2.24, 2.45) is 0 Å². The third kappa shape index (κ3) is 4.99. The monoisotopic (exact) mass is 395 g/mol. The Labute approximate surface area is 163 Å². The molecule has 0 spiro atoms. The molecule has 8 heteroatoms. The summed E-state index contributed by atoms with van der Waals surface area (Å²) in [5, 5.41) is 0. The number of amides is 1. The topological polar surface area (TPSA) is 82.1 Å². The lowest BCUT2D eigenvalue weighted by atomic mass is 9.86. The van der Waals surface area contributed by atoms with Gasteiger partial charge < -0.3 is 19.1 Å². The Hall–Kier alpha value is -2.64. The van der Waals surface area contributed by atoms with Crippen molar-refractivity contribution in [2.75, 3.05) is 27.3 Å². The number of halogens is 1. The molecule has 1 saturated heterocycles. The van der Waals surface area contributed by atoms with Crippen molar-refractivity contribution in [1.29, 1.82) is 0 Å². The van der Waals surface area contributed by atoms with Gasteiger partial charge in [-0.2, -0.15) is 0 Å². The third-order valence-electron chi connectivity index (χ3n) is 4.48. The lowest BCUT2D eigenvalue weighted by Gasteiger charge is -2.36. The second-order valence-corrected chi connectivity index (χ2v) is 7.63. The molecule has 0 bridgehead atoms. The second kappa shape index (κ2) is 8.58. The molecule has 0 unspecified atom stereocenters. The highest BCUT2D eigenvalue weighted by Gasteiger charge is 2.35. The first-order chi connectivity index (χ1) is 13.1. The van der Waals surface area contributed by atoms with Gasteiger partial charge in [-0.25, -0.2) is 18.8 Å². The Morgan fingerprint density at radius 2 is 1.68 bits per heavy atom. The number of hydrogen-bond acceptors (Lipinski definition) is 6. The maximum Gasteiger partial charge on any atom is 0.410 e. The molecule has 0 aromatic heterocycles. The molecule has 28 heavy (non-hydrogen) atoms. The Balaban J connectivity index is 2.21. The zero-order valence-corrected chi connectivity index (χ0v) is 16.8. The van der Waals surface area contributed by atoms with Gasteiger partial charge in [0, 0.05) is 12.5 Å². The van der Waals surface area contributed by atoms with Crippen LogP contribution in [-0.4, -0.2) is 62.0 Å². The third-order valence-corrected chi connectivity index (χ3v) is 4.48. The molecule has 1 amide bonds. The number of nitrogens with zero attached hydrogens (tertiary/aromatic N) is 1. The summed E-state index contributed by atoms with van der Waals surface area (Å²) in [6.45, 7) is 5.48. The van der Waals surface area contributed by atoms with Gasteiger partial charge in [0.15, 0.2) is 0 Å². The first-order valence-electron chi connectivity index (χ1n) is 9.00. The summed E-state index contributed by atoms with van der Waals surface area (Å²) in [4.78, 5) is 37.4. The van der Waals surface area contributed by atoms with Crippen molar-refractivity contribution in [2.45, 2.75) is 44.9 Å². The number of piperidine rings is 1. The van der Waals surface area contributed by atoms with Crippen molar-refractivity contribution in [3.05, 3.63) is 34.9 Å². The highest BCUT2D eigenvalue weighted by molar-refractivity contribution is 6.03. The van der Waals surface area contributed by atoms with Crippen molar-refractivity contribution in [3.8, 4) is 0 Å². The smallest absolute Gasteiger partial charge is 0.410 e. The van der Waals surface area contributed by atoms with Gasteiger partial charge in [0.1, 0.15) is 11.8 Å². The van der Waals surface area contributed by atoms with E-state index in [1.54, 1.807) is 26.8 Å². The number of benzene rings is 1. The number of hydrogen-bond donors (Lipinski definition) is 0. The zero-order valence-electron chi connectivity index (χ0n) is 16.8. The van der Waals surface area contributed by atoms with Gasteiger partial charge in [0.2, 0.25) is 0 Å². The van der Waals surface area contributed by atoms with Gasteiger partial charge in [-0.3, -0.25) is 0 Å². The maximum atomic E-state index is 14.9. The van der Waals surface area contributed by atoms with Crippen LogP contribution >= 0.6 is 0 Å². The van der Waals surface area contributed by atoms with E-state index in [2.05, 4.69) is 4.74 Å². The van der Waals surface area contributed by atoms with Gasteiger partial charge in [-0.1, -0.05) is 6.07 Å². The van der Waals surface area contributed by atoms with Gasteiger partial charge in [-0.05, 0) is 44.9 Å². The number of alkyl halides is 1. The summed E-state index contributed by atoms with van der Waals surface area (Å²) in [7, 11) is 2.41. The first kappa shape index (κ1) is 21.7. The largest absolute Gasteiger partial charge is 0.465 e. The molecule has 0 aliphatic carbocycles. The van der Waals surface area contributed by atoms with Crippen LogP contribution in [0.25, 0.3) is 0 Å². The van der Waals surface area contributed by atoms with E-state index in [-0.39, 0.29) is 17.7 Å². The normalized spacial score (nSPS) is 19.7. The summed E-state index contributed by atoms with van der Waals surface area (Å²) in [6, 6.07) is 4.48. The summed E-state index contributed by atoms with van der Waals surface area (Å²) in [6.07, 6.45) is -1.53. The molecule has 1 aliphatic heterocycles. The van der Waals surface area contributed by atoms with E-state index in [0.717, 1.165) is 0 Å². The number of rotatable bonds is 3. The molecule has 154 valence electrons. The van der Waals surface area contributed by atoms with Crippen molar-refractivity contribution in [1.82, 2.24) is 4.90 Å². The molecule has 1 aliphatic rings. The predicted molar refractivity (Wildman–Crippen MR) is 99.2 cm³/mol. The van der Waals surface area contributed by atoms with E-state index in [9.17, 15) is 18.8 Å². The van der Waals surface area contributed by atoms with Crippen LogP contribution in [0.5, 0.6) is 0 Å². The van der Waals surface area contributed by atoms with E-state index in [1.807, 2.05) is 0 Å². The predicted octanol–water partition coefficient (Wildman–Crippen LogP) is 3.32. The van der Waals surface area contributed by atoms with Crippen molar-refractivity contribution >= 4 is 18.0 Å². The van der Waals surface area contributed by atoms with Crippen LogP contribution in [0.4, 0.5) is 9.18 Å². The molecule has 2 rings (SSSR count). The molecule has 1 aromatic carbocycles. The quantitative estimate of drug-likeness (QED) is 0.577. The molecule has 0 N–H and O–H groups in total. The van der Waals surface area contributed by atoms with Gasteiger partial charge in [0.25, 0.3) is 0 Å². The van der Waals surface area contributed by atoms with Crippen LogP contribution in [-0.2, 0) is 14.2 Å². The van der Waals surface area contributed by atoms with Gasteiger partial charge in [-0.15, -0.1) is 0 Å². The van der Waals surface area contributed by atoms with Crippen LogP contribution in [0.3, 0.4) is 0 Å². The van der Waals surface area contributed by atoms with Crippen LogP contribution in [0, 0.1) is 0 Å². The number of likely N-dealkylation sites (tertiary alicyclic amines) is 1. The second-order valence-electron chi connectivity index (χ2n) is 7.63. The Bertz CT molecular complexity index is 758. The summed E-state index contributed by atoms with van der Waals surface area (Å²) < 4.78 is 29.6. The molecular formula is C20H26FNO6. The average molecular weight is 395 g/mol. The first-order valence-corrected chi connectivity index (χ1v) is 9.00. The molecule has 0 radical (unpaired) electrons. The zero-order chi connectivity index (χ0) is 21.1. The summed E-state index contributed by atoms with van der Waals surface area (Å²) >= 11 is 0. The SMILES string of the molecule is COC(=O)c1ccc([C@@H]2CCN(C(=O)OC(C)(C)C)C[C@@H]2F)cc1C(=O)OC. The average Bonchev–Trinajstić information content (AvgIpc) is 2.64. The highest BCUT2D eigenvalue weighted by Crippen LogP contribution is 2.32. The fraction of sp³-hybridized carbons (Fsp3) is 0.550. The standard InChI is InChI=1S/C20H26FNO6/c1-20(2,3)28-19(25)22-9-8-13(16(21)11-22)12-6-7-14(17(23)26-4)15(10-12)18(24)27-5/h6-7,10,13,16H,8-9,11H2,1-5H3/t13-,16-/m0/s1. The van der Waals surface area contributed by atoms with E-state index in [0.29, 0.717) is 18.5 Å². The number of carbonyl (C=O) groups excluding carboxylic acids is 3. The highest BCUT2D eigenvalue weighted by atomic mass is 19.1. The number of carbonyl (C=O) groups is 3. The number of ether oxygens (including phenoxy) is 3. The summed E-state index contributed by atoms with van der Waals surface area (Å²) in [5.41, 5.74) is -0.0171. The molecule has 7 nitrogen and oxygen atoms in total. The molecule has 2 atom stereocenters. The lowest BCUT2D eigenvalue weighted by Crippen LogP contribution is -2.46. The van der Waals surface area contributed by atoms with Crippen molar-refractivity contribution in [3.63, 3.8) is 0 Å². The van der Waals surface area contributed by atoms with Crippen LogP contribution in [0.15, 0.2) is 18.2 Å². The number of methoxy groups -OCH3 is 2. The number of esters is 2. The molecule has 1 aromatic rings. The van der Waals surface area contributed by atoms with E-state index in [1.165, 1.54) is 31.3 Å². The lowest BCUT2D eigenvalue weighted by molar-refractivity contribution is 0.0111. The molecule has 1 fully saturated rings. The fourth-order valence-electron chi connectivity index (χ4n) is 3.13. The van der Waals surface area contributed by atoms with Crippen molar-refractivity contribution < 1.29 is 33.0 Å². The molecule has 1 heterocycles. The Morgan fingerprint density at radius 1 is 1.07 bits per heavy atom. The minimum atomic E-state index is -1.34. The maximum absolute atomic E-state index is 14.9. The minimum Gasteiger partial charge on any atom is -0.465 e. The Morgan fingerprint density at radius 3 is 2.21 bits per heavy atom. The fourth-order valence-corrected chi connectivity index (χ4v) is 3.13. The Kier molecular flexibility index (Phi) is 6.64. The van der Waals surface area contributed by atoms with Gasteiger partial charge in [0.05, 0.1) is 31.9 Å². The van der Waals surface area contributed by atoms with Crippen LogP contribution in [0.1, 0.15) is 59.4 Å². The van der Waals surface area contributed by atoms with Gasteiger partial charge >= 0.3 is 18.0 Å². The minimum absolute atomic E-state index is 0.0219. The van der Waals surface area contributed by atoms with E-state index >= 15 is 0 Å². The molecule has 0 saturated carbocycles. The molecular weight excluding hydrogens is 369 g/mol. The van der Waals surface area contributed by atoms with E-state index < -0.39 is 35.7 Å². The van der Waals surface area contributed by atoms with E-state index in [4.69, 9.17) is 9.47 Å². The van der Waals surface area contributed by atoms with Crippen LogP contribution < -0.4 is 0 Å². The van der Waals surface area contributed by atoms with Crippen LogP contribution in [0.2, 0.25) is 0 Å². The summed E-state index contributed by atoms with van der Waals surface area (Å²) in [5.74, 6) is -1.90.